The van der Waals surface area contributed by atoms with Crippen molar-refractivity contribution in [1.29, 1.82) is 0 Å². The molecular formula is C12H15NO4. The third-order valence-corrected chi connectivity index (χ3v) is 2.43. The summed E-state index contributed by atoms with van der Waals surface area (Å²) in [5.41, 5.74) is 5.97. The molecule has 1 aromatic carbocycles. The maximum absolute atomic E-state index is 11.3. The number of amides is 1. The Morgan fingerprint density at radius 3 is 2.24 bits per heavy atom. The van der Waals surface area contributed by atoms with E-state index in [0.29, 0.717) is 5.75 Å². The van der Waals surface area contributed by atoms with Crippen LogP contribution in [0.2, 0.25) is 0 Å². The first-order valence-electron chi connectivity index (χ1n) is 5.08. The summed E-state index contributed by atoms with van der Waals surface area (Å²) >= 11 is 0. The number of hydrogen-bond acceptors (Lipinski definition) is 4. The number of benzene rings is 1. The Hall–Kier alpha value is -2.04. The van der Waals surface area contributed by atoms with Crippen molar-refractivity contribution in [3.63, 3.8) is 0 Å². The largest absolute Gasteiger partial charge is 0.497 e. The summed E-state index contributed by atoms with van der Waals surface area (Å²) in [5, 5.41) is 0. The normalized spacial score (nSPS) is 11.6. The van der Waals surface area contributed by atoms with Crippen molar-refractivity contribution in [2.24, 2.45) is 11.7 Å². The number of carbonyl (C=O) groups excluding carboxylic acids is 2. The highest BCUT2D eigenvalue weighted by molar-refractivity contribution is 5.97. The summed E-state index contributed by atoms with van der Waals surface area (Å²) in [4.78, 5) is 22.5. The molecule has 0 aliphatic carbocycles. The van der Waals surface area contributed by atoms with Crippen LogP contribution < -0.4 is 10.5 Å². The van der Waals surface area contributed by atoms with E-state index in [0.717, 1.165) is 5.56 Å². The number of primary amides is 1. The second-order valence-electron chi connectivity index (χ2n) is 3.53. The van der Waals surface area contributed by atoms with Crippen LogP contribution in [-0.4, -0.2) is 26.1 Å². The number of rotatable bonds is 5. The van der Waals surface area contributed by atoms with Gasteiger partial charge in [0.25, 0.3) is 0 Å². The van der Waals surface area contributed by atoms with E-state index in [1.54, 1.807) is 31.4 Å². The van der Waals surface area contributed by atoms with Gasteiger partial charge < -0.3 is 15.2 Å². The quantitative estimate of drug-likeness (QED) is 0.598. The molecule has 92 valence electrons. The van der Waals surface area contributed by atoms with Gasteiger partial charge in [-0.15, -0.1) is 0 Å². The Morgan fingerprint density at radius 2 is 1.82 bits per heavy atom. The lowest BCUT2D eigenvalue weighted by atomic mass is 9.99. The van der Waals surface area contributed by atoms with Crippen molar-refractivity contribution in [2.45, 2.75) is 6.42 Å². The zero-order chi connectivity index (χ0) is 12.8. The molecule has 0 fully saturated rings. The zero-order valence-electron chi connectivity index (χ0n) is 9.80. The standard InChI is InChI=1S/C12H15NO4/c1-16-9-5-3-8(4-6-9)7-10(11(13)14)12(15)17-2/h3-6,10H,7H2,1-2H3,(H2,13,14). The van der Waals surface area contributed by atoms with Crippen molar-refractivity contribution in [3.8, 4) is 5.75 Å². The van der Waals surface area contributed by atoms with Crippen molar-refractivity contribution < 1.29 is 19.1 Å². The molecule has 0 saturated carbocycles. The lowest BCUT2D eigenvalue weighted by Gasteiger charge is -2.11. The molecule has 17 heavy (non-hydrogen) atoms. The molecule has 0 bridgehead atoms. The van der Waals surface area contributed by atoms with E-state index >= 15 is 0 Å². The Morgan fingerprint density at radius 1 is 1.24 bits per heavy atom. The van der Waals surface area contributed by atoms with Crippen molar-refractivity contribution >= 4 is 11.9 Å². The predicted molar refractivity (Wildman–Crippen MR) is 61.4 cm³/mol. The number of ether oxygens (including phenoxy) is 2. The fraction of sp³-hybridized carbons (Fsp3) is 0.333. The van der Waals surface area contributed by atoms with Crippen molar-refractivity contribution in [2.75, 3.05) is 14.2 Å². The fourth-order valence-electron chi connectivity index (χ4n) is 1.44. The van der Waals surface area contributed by atoms with Crippen LogP contribution in [0.25, 0.3) is 0 Å². The smallest absolute Gasteiger partial charge is 0.318 e. The molecule has 0 aromatic heterocycles. The van der Waals surface area contributed by atoms with E-state index in [4.69, 9.17) is 10.5 Å². The molecule has 5 nitrogen and oxygen atoms in total. The van der Waals surface area contributed by atoms with Gasteiger partial charge in [0.1, 0.15) is 11.7 Å². The summed E-state index contributed by atoms with van der Waals surface area (Å²) in [6.45, 7) is 0. The maximum Gasteiger partial charge on any atom is 0.318 e. The molecule has 1 aromatic rings. The monoisotopic (exact) mass is 237 g/mol. The Balaban J connectivity index is 2.79. The van der Waals surface area contributed by atoms with Gasteiger partial charge in [-0.05, 0) is 24.1 Å². The topological polar surface area (TPSA) is 78.6 Å². The van der Waals surface area contributed by atoms with E-state index in [-0.39, 0.29) is 6.42 Å². The highest BCUT2D eigenvalue weighted by Crippen LogP contribution is 2.15. The van der Waals surface area contributed by atoms with E-state index in [1.165, 1.54) is 7.11 Å². The molecule has 2 N–H and O–H groups in total. The second-order valence-corrected chi connectivity index (χ2v) is 3.53. The molecule has 5 heteroatoms. The summed E-state index contributed by atoms with van der Waals surface area (Å²) in [5.74, 6) is -1.54. The predicted octanol–water partition coefficient (Wildman–Crippen LogP) is 0.512. The van der Waals surface area contributed by atoms with Gasteiger partial charge in [0.05, 0.1) is 14.2 Å². The molecule has 0 spiro atoms. The van der Waals surface area contributed by atoms with Gasteiger partial charge in [0.15, 0.2) is 0 Å². The van der Waals surface area contributed by atoms with Gasteiger partial charge in [0, 0.05) is 0 Å². The molecule has 0 heterocycles. The second kappa shape index (κ2) is 5.89. The lowest BCUT2D eigenvalue weighted by Crippen LogP contribution is -2.32. The first-order chi connectivity index (χ1) is 8.08. The first kappa shape index (κ1) is 13.0. The highest BCUT2D eigenvalue weighted by Gasteiger charge is 2.25. The van der Waals surface area contributed by atoms with Crippen LogP contribution >= 0.6 is 0 Å². The summed E-state index contributed by atoms with van der Waals surface area (Å²) in [6, 6.07) is 7.06. The molecule has 1 rings (SSSR count). The molecule has 0 aliphatic heterocycles. The van der Waals surface area contributed by atoms with Gasteiger partial charge in [-0.25, -0.2) is 0 Å². The molecule has 1 unspecified atom stereocenters. The van der Waals surface area contributed by atoms with Crippen LogP contribution in [0.1, 0.15) is 5.56 Å². The summed E-state index contributed by atoms with van der Waals surface area (Å²) in [7, 11) is 2.79. The molecule has 0 radical (unpaired) electrons. The number of methoxy groups -OCH3 is 2. The number of nitrogens with two attached hydrogens (primary N) is 1. The SMILES string of the molecule is COC(=O)C(Cc1ccc(OC)cc1)C(N)=O. The maximum atomic E-state index is 11.3. The van der Waals surface area contributed by atoms with Crippen LogP contribution in [0.15, 0.2) is 24.3 Å². The average molecular weight is 237 g/mol. The van der Waals surface area contributed by atoms with E-state index in [1.807, 2.05) is 0 Å². The minimum atomic E-state index is -0.951. The number of esters is 1. The number of hydrogen-bond donors (Lipinski definition) is 1. The van der Waals surface area contributed by atoms with E-state index in [2.05, 4.69) is 4.74 Å². The zero-order valence-corrected chi connectivity index (χ0v) is 9.80. The fourth-order valence-corrected chi connectivity index (χ4v) is 1.44. The number of carbonyl (C=O) groups is 2. The Bertz CT molecular complexity index is 399. The minimum Gasteiger partial charge on any atom is -0.497 e. The van der Waals surface area contributed by atoms with E-state index in [9.17, 15) is 9.59 Å². The van der Waals surface area contributed by atoms with Gasteiger partial charge in [-0.1, -0.05) is 12.1 Å². The summed E-state index contributed by atoms with van der Waals surface area (Å²) in [6.07, 6.45) is 0.228. The van der Waals surface area contributed by atoms with Crippen molar-refractivity contribution in [1.82, 2.24) is 0 Å². The van der Waals surface area contributed by atoms with Crippen LogP contribution in [0.3, 0.4) is 0 Å². The molecular weight excluding hydrogens is 222 g/mol. The Kier molecular flexibility index (Phi) is 4.51. The van der Waals surface area contributed by atoms with Crippen molar-refractivity contribution in [3.05, 3.63) is 29.8 Å². The van der Waals surface area contributed by atoms with Gasteiger partial charge in [-0.2, -0.15) is 0 Å². The van der Waals surface area contributed by atoms with Crippen LogP contribution in [0.5, 0.6) is 5.75 Å². The van der Waals surface area contributed by atoms with Crippen LogP contribution in [0, 0.1) is 5.92 Å². The molecule has 1 atom stereocenters. The molecule has 0 saturated heterocycles. The molecule has 0 aliphatic rings. The third kappa shape index (κ3) is 3.48. The third-order valence-electron chi connectivity index (χ3n) is 2.43. The van der Waals surface area contributed by atoms with Gasteiger partial charge in [-0.3, -0.25) is 9.59 Å². The summed E-state index contributed by atoms with van der Waals surface area (Å²) < 4.78 is 9.53. The molecule has 1 amide bonds. The van der Waals surface area contributed by atoms with Crippen LogP contribution in [-0.2, 0) is 20.7 Å². The first-order valence-corrected chi connectivity index (χ1v) is 5.08. The van der Waals surface area contributed by atoms with Gasteiger partial charge in [0.2, 0.25) is 5.91 Å². The lowest BCUT2D eigenvalue weighted by molar-refractivity contribution is -0.149. The average Bonchev–Trinajstić information content (AvgIpc) is 2.35. The van der Waals surface area contributed by atoms with Crippen LogP contribution in [0.4, 0.5) is 0 Å². The minimum absolute atomic E-state index is 0.228. The van der Waals surface area contributed by atoms with E-state index < -0.39 is 17.8 Å². The Labute approximate surface area is 99.5 Å². The van der Waals surface area contributed by atoms with Gasteiger partial charge >= 0.3 is 5.97 Å². The highest BCUT2D eigenvalue weighted by atomic mass is 16.5.